The van der Waals surface area contributed by atoms with Crippen molar-refractivity contribution < 1.29 is 192 Å². The fourth-order valence-corrected chi connectivity index (χ4v) is 19.7. The van der Waals surface area contributed by atoms with Gasteiger partial charge in [0, 0.05) is 19.3 Å². The molecule has 129 heavy (non-hydrogen) atoms. The highest BCUT2D eigenvalue weighted by Crippen LogP contribution is 2.43. The van der Waals surface area contributed by atoms with Crippen LogP contribution in [0.1, 0.15) is 139 Å². The van der Waals surface area contributed by atoms with Crippen LogP contribution in [-0.4, -0.2) is 382 Å². The van der Waals surface area contributed by atoms with Crippen molar-refractivity contribution in [3.05, 3.63) is 106 Å². The minimum Gasteiger partial charge on any atom is -0.479 e. The summed E-state index contributed by atoms with van der Waals surface area (Å²) in [5.41, 5.74) is 4.94. The fraction of sp³-hybridized carbons (Fsp3) is 0.767. The number of aliphatic carboxylic acids is 3. The second-order valence-electron chi connectivity index (χ2n) is 36.1. The number of aliphatic hydroxyl groups excluding tert-OH is 15. The first-order valence-corrected chi connectivity index (χ1v) is 45.3. The van der Waals surface area contributed by atoms with Gasteiger partial charge in [0.1, 0.15) is 128 Å². The summed E-state index contributed by atoms with van der Waals surface area (Å²) in [6.45, 7) is 9.44. The molecular formula is C90H132O39. The molecule has 9 fully saturated rings. The monoisotopic (exact) mass is 1840 g/mol. The summed E-state index contributed by atoms with van der Waals surface area (Å²) in [6.07, 6.45) is -35.8. The Labute approximate surface area is 747 Å². The number of carboxylic acids is 3. The molecule has 0 spiro atoms. The van der Waals surface area contributed by atoms with Gasteiger partial charge in [-0.2, -0.15) is 0 Å². The molecule has 3 saturated carbocycles. The number of benzene rings is 3. The first-order chi connectivity index (χ1) is 61.8. The smallest absolute Gasteiger partial charge is 0.333 e. The van der Waals surface area contributed by atoms with E-state index in [1.165, 1.54) is 0 Å². The van der Waals surface area contributed by atoms with Gasteiger partial charge in [-0.15, -0.1) is 0 Å². The van der Waals surface area contributed by atoms with Gasteiger partial charge in [0.25, 0.3) is 0 Å². The predicted octanol–water partition coefficient (Wildman–Crippen LogP) is -1.14. The number of rotatable bonds is 19. The Hall–Kier alpha value is -5.25. The summed E-state index contributed by atoms with van der Waals surface area (Å²) in [4.78, 5) is 36.8. The van der Waals surface area contributed by atoms with Gasteiger partial charge in [-0.05, 0) is 123 Å². The molecule has 15 rings (SSSR count). The summed E-state index contributed by atoms with van der Waals surface area (Å²) >= 11 is 0. The van der Waals surface area contributed by atoms with Crippen molar-refractivity contribution in [3.8, 4) is 0 Å². The van der Waals surface area contributed by atoms with Crippen molar-refractivity contribution in [2.75, 3.05) is 33.0 Å². The Morgan fingerprint density at radius 1 is 0.326 bits per heavy atom. The van der Waals surface area contributed by atoms with Crippen LogP contribution in [0.25, 0.3) is 0 Å². The normalized spacial score (nSPS) is 44.1. The average molecular weight is 1840 g/mol. The molecule has 0 bridgehead atoms. The Bertz CT molecular complexity index is 4000. The van der Waals surface area contributed by atoms with E-state index in [0.717, 1.165) is 78.3 Å². The zero-order valence-electron chi connectivity index (χ0n) is 73.1. The molecule has 39 nitrogen and oxygen atoms in total. The van der Waals surface area contributed by atoms with Gasteiger partial charge >= 0.3 is 17.9 Å². The molecule has 3 aliphatic carbocycles. The molecule has 0 radical (unpaired) electrons. The third-order valence-corrected chi connectivity index (χ3v) is 27.3. The number of ether oxygens (including phenoxy) is 18. The summed E-state index contributed by atoms with van der Waals surface area (Å²) < 4.78 is 110. The molecule has 3 aromatic carbocycles. The van der Waals surface area contributed by atoms with E-state index in [2.05, 4.69) is 0 Å². The van der Waals surface area contributed by atoms with Crippen LogP contribution < -0.4 is 0 Å². The van der Waals surface area contributed by atoms with E-state index in [1.54, 1.807) is 32.9 Å². The maximum absolute atomic E-state index is 12.3. The van der Waals surface area contributed by atoms with Gasteiger partial charge in [-0.1, -0.05) is 119 Å². The Balaban J connectivity index is 0.000000165. The molecule has 9 aliphatic heterocycles. The van der Waals surface area contributed by atoms with Crippen molar-refractivity contribution in [3.63, 3.8) is 0 Å². The number of hydrogen-bond donors (Lipinski definition) is 18. The zero-order valence-corrected chi connectivity index (χ0v) is 73.1. The van der Waals surface area contributed by atoms with Crippen LogP contribution in [0.4, 0.5) is 0 Å². The first kappa shape index (κ1) is 101. The lowest BCUT2D eigenvalue weighted by Gasteiger charge is -2.48. The molecular weight excluding hydrogens is 1700 g/mol. The minimum absolute atomic E-state index is 0.00317. The third-order valence-electron chi connectivity index (χ3n) is 27.3. The van der Waals surface area contributed by atoms with Gasteiger partial charge in [0.05, 0.1) is 94.6 Å². The minimum atomic E-state index is -1.49. The first-order valence-electron chi connectivity index (χ1n) is 45.3. The number of aliphatic hydroxyl groups is 15. The highest BCUT2D eigenvalue weighted by Gasteiger charge is 2.58. The maximum atomic E-state index is 12.3. The van der Waals surface area contributed by atoms with E-state index in [1.807, 2.05) is 81.4 Å². The highest BCUT2D eigenvalue weighted by molar-refractivity contribution is 5.74. The summed E-state index contributed by atoms with van der Waals surface area (Å²) in [6, 6.07) is 22.1. The van der Waals surface area contributed by atoms with Crippen LogP contribution in [0.2, 0.25) is 0 Å². The van der Waals surface area contributed by atoms with Gasteiger partial charge in [-0.25, -0.2) is 14.4 Å². The Kier molecular flexibility index (Phi) is 36.1. The quantitative estimate of drug-likeness (QED) is 0.0675. The molecule has 9 heterocycles. The van der Waals surface area contributed by atoms with E-state index in [-0.39, 0.29) is 56.8 Å². The molecule has 39 heteroatoms. The summed E-state index contributed by atoms with van der Waals surface area (Å²) in [7, 11) is 0. The average Bonchev–Trinajstić information content (AvgIpc) is 1.44. The standard InChI is InChI=1S/C31H46O13.C30H44O13.C29H42O13/c1-3-16-9-6-10-19(26(16)44-30-25(36)24(35)22(33)15(2)40-30)42-31-28-27(23(34)21(14-32)43-31)41-20(29(37)38)13-18-8-5-4-7-17(18)11-12-39-28;1-14-6-5-9-18(25(14)43-29-24(35)23(34)21(32)15(2)39-29)41-30-27-26(22(33)20(13-31)42-30)40-19(28(36)37)12-17-8-4-3-7-16(17)10-11-38-27;1-13-6-5-9-17(24(13)42-28-23(34)22(33)20(31)14(2)38-28)40-29-26-25(21(32)19(11-30)41-29)39-18(27(35)36)10-15-7-3-4-8-16(15)12-37-26/h4-5,7-8,15-16,19-28,30-36H,3,6,9-14H2,1-2H3,(H,37,38);3-4,7-8,14-15,18-27,29-35H,5-6,9-13H2,1-2H3,(H,36,37);3-4,7-8,13-14,17-26,28-34H,5-6,9-12H2,1-2H3,(H,35,36)/t15?,16-,19-,20-,21?,22-,23+,24?,25+,26?,27?,28?,30+,31-;14-,15?,18-,19-,20?,21-,22+,23?,24+,25?,26?,27?,29+,30-;13-,14?,17-,18-,19?,20-,21+,22?,23+,24?,25?,26?,28+,29-/m111/s1. The van der Waals surface area contributed by atoms with Crippen molar-refractivity contribution in [1.29, 1.82) is 0 Å². The largest absolute Gasteiger partial charge is 0.479 e. The lowest BCUT2D eigenvalue weighted by Crippen LogP contribution is -2.63. The second-order valence-corrected chi connectivity index (χ2v) is 36.1. The van der Waals surface area contributed by atoms with Crippen molar-refractivity contribution in [1.82, 2.24) is 0 Å². The maximum Gasteiger partial charge on any atom is 0.333 e. The lowest BCUT2D eigenvalue weighted by molar-refractivity contribution is -0.353. The van der Waals surface area contributed by atoms with E-state index < -0.39 is 277 Å². The van der Waals surface area contributed by atoms with Crippen LogP contribution in [-0.2, 0) is 138 Å². The van der Waals surface area contributed by atoms with Gasteiger partial charge in [0.15, 0.2) is 56.1 Å². The second kappa shape index (κ2) is 46.1. The highest BCUT2D eigenvalue weighted by atomic mass is 16.8. The van der Waals surface area contributed by atoms with Gasteiger partial charge in [0.2, 0.25) is 0 Å². The van der Waals surface area contributed by atoms with Crippen molar-refractivity contribution in [2.24, 2.45) is 17.8 Å². The van der Waals surface area contributed by atoms with Crippen LogP contribution >= 0.6 is 0 Å². The molecule has 0 amide bonds. The third kappa shape index (κ3) is 23.7. The Morgan fingerprint density at radius 2 is 0.628 bits per heavy atom. The van der Waals surface area contributed by atoms with E-state index in [4.69, 9.17) is 85.3 Å². The molecule has 726 valence electrons. The number of carbonyl (C=O) groups is 3. The van der Waals surface area contributed by atoms with E-state index >= 15 is 0 Å². The van der Waals surface area contributed by atoms with E-state index in [0.29, 0.717) is 32.1 Å². The Morgan fingerprint density at radius 3 is 0.961 bits per heavy atom. The molecule has 12 aliphatic rings. The van der Waals surface area contributed by atoms with E-state index in [9.17, 15) is 106 Å². The number of fused-ring (bicyclic) bond motifs is 6. The van der Waals surface area contributed by atoms with Crippen LogP contribution in [0, 0.1) is 17.8 Å². The number of hydrogen-bond acceptors (Lipinski definition) is 36. The topological polar surface area (TPSA) is 581 Å². The lowest BCUT2D eigenvalue weighted by atomic mass is 9.82. The molecule has 42 atom stereocenters. The van der Waals surface area contributed by atoms with Crippen LogP contribution in [0.5, 0.6) is 0 Å². The van der Waals surface area contributed by atoms with Crippen LogP contribution in [0.15, 0.2) is 72.8 Å². The SMILES string of the molecule is CC1O[C@@H](OC2[C@H](C)CCC[C@H]2O[C@@H]2OC(CO)[C@H](O)C3O[C@@H](C(=O)O)Cc4ccccc4CCOC32)[C@@H](O)C(O)[C@@H]1O.CC1O[C@@H](OC2[C@H](C)CCC[C@H]2O[C@@H]2OC(CO)[C@H](O)C3O[C@@H](C(=O)O)Cc4ccccc4COC32)[C@@H](O)C(O)[C@@H]1O.CC[C@@H]1CCC[C@@H](O[C@@H]2OC(CO)[C@H](O)C3O[C@@H](C(=O)O)Cc4ccccc4CCOC32)C1O[C@@H]1OC(C)[C@@H](O)C(O)[C@@H]1O. The molecule has 6 saturated heterocycles. The van der Waals surface area contributed by atoms with Crippen molar-refractivity contribution in [2.45, 2.75) is 384 Å². The molecule has 18 N–H and O–H groups in total. The summed E-state index contributed by atoms with van der Waals surface area (Å²) in [5.74, 6) is -3.72. The summed E-state index contributed by atoms with van der Waals surface area (Å²) in [5, 5.41) is 187. The van der Waals surface area contributed by atoms with Gasteiger partial charge in [-0.3, -0.25) is 0 Å². The zero-order chi connectivity index (χ0) is 92.5. The van der Waals surface area contributed by atoms with Gasteiger partial charge < -0.3 is 177 Å². The predicted molar refractivity (Wildman–Crippen MR) is 440 cm³/mol. The number of carboxylic acid groups (broad SMARTS) is 3. The van der Waals surface area contributed by atoms with Crippen LogP contribution in [0.3, 0.4) is 0 Å². The molecule has 0 aromatic heterocycles. The fourth-order valence-electron chi connectivity index (χ4n) is 19.7. The molecule has 18 unspecified atom stereocenters. The van der Waals surface area contributed by atoms with Crippen molar-refractivity contribution >= 4 is 17.9 Å². The molecule has 3 aromatic rings.